The van der Waals surface area contributed by atoms with Gasteiger partial charge in [0.15, 0.2) is 5.76 Å². The molecule has 0 saturated carbocycles. The summed E-state index contributed by atoms with van der Waals surface area (Å²) in [6, 6.07) is 3.41. The Morgan fingerprint density at radius 1 is 1.39 bits per heavy atom. The summed E-state index contributed by atoms with van der Waals surface area (Å²) in [5, 5.41) is 12.9. The average Bonchev–Trinajstić information content (AvgIpc) is 3.37. The van der Waals surface area contributed by atoms with Crippen molar-refractivity contribution in [2.24, 2.45) is 5.92 Å². The molecule has 150 valence electrons. The zero-order valence-corrected chi connectivity index (χ0v) is 15.5. The highest BCUT2D eigenvalue weighted by Crippen LogP contribution is 2.18. The summed E-state index contributed by atoms with van der Waals surface area (Å²) in [7, 11) is 1.54. The molecular weight excluding hydrogens is 368 g/mol. The second kappa shape index (κ2) is 8.68. The normalized spacial score (nSPS) is 16.8. The first-order valence-corrected chi connectivity index (χ1v) is 9.05. The van der Waals surface area contributed by atoms with E-state index in [1.165, 1.54) is 16.1 Å². The third kappa shape index (κ3) is 4.76. The first-order chi connectivity index (χ1) is 13.4. The van der Waals surface area contributed by atoms with Crippen LogP contribution in [0.5, 0.6) is 0 Å². The van der Waals surface area contributed by atoms with E-state index in [-0.39, 0.29) is 37.7 Å². The zero-order valence-electron chi connectivity index (χ0n) is 15.5. The summed E-state index contributed by atoms with van der Waals surface area (Å²) < 4.78 is 10.3. The van der Waals surface area contributed by atoms with Crippen molar-refractivity contribution in [1.82, 2.24) is 19.9 Å². The van der Waals surface area contributed by atoms with Gasteiger partial charge in [-0.15, -0.1) is 0 Å². The van der Waals surface area contributed by atoms with Crippen LogP contribution in [0.1, 0.15) is 25.2 Å². The second-order valence-electron chi connectivity index (χ2n) is 6.76. The molecule has 2 aromatic heterocycles. The molecule has 1 aliphatic rings. The molecule has 3 heterocycles. The van der Waals surface area contributed by atoms with Gasteiger partial charge < -0.3 is 23.8 Å². The minimum absolute atomic E-state index is 0.0906. The molecule has 1 saturated heterocycles. The van der Waals surface area contributed by atoms with Crippen LogP contribution in [0.15, 0.2) is 27.3 Å². The molecule has 10 nitrogen and oxygen atoms in total. The van der Waals surface area contributed by atoms with E-state index < -0.39 is 11.9 Å². The number of piperidine rings is 1. The van der Waals surface area contributed by atoms with Crippen molar-refractivity contribution in [3.63, 3.8) is 0 Å². The number of carboxylic acid groups (broad SMARTS) is 1. The van der Waals surface area contributed by atoms with Crippen LogP contribution in [0.2, 0.25) is 0 Å². The Hall–Kier alpha value is -3.17. The smallest absolute Gasteiger partial charge is 0.308 e. The Balaban J connectivity index is 1.46. The summed E-state index contributed by atoms with van der Waals surface area (Å²) in [5.41, 5.74) is 0. The Kier molecular flexibility index (Phi) is 6.07. The van der Waals surface area contributed by atoms with Crippen LogP contribution >= 0.6 is 0 Å². The number of nitrogens with zero attached hydrogens (tertiary/aromatic N) is 4. The molecule has 1 atom stereocenters. The molecule has 0 radical (unpaired) electrons. The summed E-state index contributed by atoms with van der Waals surface area (Å²) in [6.45, 7) is 0.614. The van der Waals surface area contributed by atoms with Gasteiger partial charge in [0.1, 0.15) is 0 Å². The number of rotatable bonds is 7. The molecule has 2 amide bonds. The number of carbonyl (C=O) groups excluding carboxylic acids is 2. The molecule has 10 heteroatoms. The Labute approximate surface area is 161 Å². The van der Waals surface area contributed by atoms with E-state index >= 15 is 0 Å². The van der Waals surface area contributed by atoms with Crippen molar-refractivity contribution in [3.05, 3.63) is 24.3 Å². The predicted molar refractivity (Wildman–Crippen MR) is 94.9 cm³/mol. The molecule has 3 rings (SSSR count). The molecule has 1 fully saturated rings. The second-order valence-corrected chi connectivity index (χ2v) is 6.76. The van der Waals surface area contributed by atoms with Gasteiger partial charge >= 0.3 is 5.97 Å². The number of hydrogen-bond acceptors (Lipinski definition) is 7. The SMILES string of the molecule is CN(CC(=O)N1CCCC(C(=O)O)C1)C(=O)CCc1nc(-c2ccco2)no1. The number of aryl methyl sites for hydroxylation is 1. The molecule has 2 aromatic rings. The first kappa shape index (κ1) is 19.6. The Morgan fingerprint density at radius 2 is 2.21 bits per heavy atom. The Morgan fingerprint density at radius 3 is 2.93 bits per heavy atom. The summed E-state index contributed by atoms with van der Waals surface area (Å²) >= 11 is 0. The van der Waals surface area contributed by atoms with Crippen molar-refractivity contribution in [2.45, 2.75) is 25.7 Å². The monoisotopic (exact) mass is 390 g/mol. The molecule has 0 aromatic carbocycles. The molecule has 0 spiro atoms. The number of furan rings is 1. The number of carboxylic acids is 1. The topological polar surface area (TPSA) is 130 Å². The fraction of sp³-hybridized carbons (Fsp3) is 0.500. The first-order valence-electron chi connectivity index (χ1n) is 9.05. The highest BCUT2D eigenvalue weighted by Gasteiger charge is 2.29. The van der Waals surface area contributed by atoms with Crippen molar-refractivity contribution < 1.29 is 28.4 Å². The van der Waals surface area contributed by atoms with Gasteiger partial charge in [-0.3, -0.25) is 14.4 Å². The van der Waals surface area contributed by atoms with E-state index in [0.717, 1.165) is 0 Å². The van der Waals surface area contributed by atoms with Gasteiger partial charge in [0.25, 0.3) is 0 Å². The van der Waals surface area contributed by atoms with Crippen LogP contribution in [-0.2, 0) is 20.8 Å². The molecule has 0 bridgehead atoms. The number of likely N-dealkylation sites (tertiary alicyclic amines) is 1. The minimum atomic E-state index is -0.893. The summed E-state index contributed by atoms with van der Waals surface area (Å²) in [6.07, 6.45) is 3.08. The number of hydrogen-bond donors (Lipinski definition) is 1. The van der Waals surface area contributed by atoms with Crippen LogP contribution in [0.4, 0.5) is 0 Å². The van der Waals surface area contributed by atoms with Crippen molar-refractivity contribution >= 4 is 17.8 Å². The number of carbonyl (C=O) groups is 3. The lowest BCUT2D eigenvalue weighted by Crippen LogP contribution is -2.46. The predicted octanol–water partition coefficient (Wildman–Crippen LogP) is 1.04. The summed E-state index contributed by atoms with van der Waals surface area (Å²) in [5.74, 6) is -0.827. The average molecular weight is 390 g/mol. The van der Waals surface area contributed by atoms with E-state index in [1.807, 2.05) is 0 Å². The maximum absolute atomic E-state index is 12.4. The number of likely N-dealkylation sites (N-methyl/N-ethyl adjacent to an activating group) is 1. The van der Waals surface area contributed by atoms with Crippen molar-refractivity contribution in [3.8, 4) is 11.6 Å². The third-order valence-electron chi connectivity index (χ3n) is 4.68. The van der Waals surface area contributed by atoms with Crippen LogP contribution in [0, 0.1) is 5.92 Å². The summed E-state index contributed by atoms with van der Waals surface area (Å²) in [4.78, 5) is 42.8. The molecule has 1 unspecified atom stereocenters. The van der Waals surface area contributed by atoms with E-state index in [4.69, 9.17) is 14.0 Å². The lowest BCUT2D eigenvalue weighted by Gasteiger charge is -2.32. The Bertz CT molecular complexity index is 831. The minimum Gasteiger partial charge on any atom is -0.481 e. The van der Waals surface area contributed by atoms with E-state index in [1.54, 1.807) is 19.2 Å². The molecule has 1 aliphatic heterocycles. The van der Waals surface area contributed by atoms with Crippen LogP contribution in [0.25, 0.3) is 11.6 Å². The van der Waals surface area contributed by atoms with Gasteiger partial charge in [-0.2, -0.15) is 4.98 Å². The zero-order chi connectivity index (χ0) is 20.1. The molecule has 28 heavy (non-hydrogen) atoms. The fourth-order valence-corrected chi connectivity index (χ4v) is 3.06. The largest absolute Gasteiger partial charge is 0.481 e. The maximum Gasteiger partial charge on any atom is 0.308 e. The molecule has 1 N–H and O–H groups in total. The highest BCUT2D eigenvalue weighted by atomic mass is 16.5. The number of aromatic nitrogens is 2. The van der Waals surface area contributed by atoms with Gasteiger partial charge in [0.2, 0.25) is 23.5 Å². The van der Waals surface area contributed by atoms with Crippen LogP contribution in [-0.4, -0.2) is 69.5 Å². The molecular formula is C18H22N4O6. The lowest BCUT2D eigenvalue weighted by molar-refractivity contribution is -0.147. The van der Waals surface area contributed by atoms with Gasteiger partial charge in [-0.1, -0.05) is 5.16 Å². The van der Waals surface area contributed by atoms with Crippen molar-refractivity contribution in [1.29, 1.82) is 0 Å². The van der Waals surface area contributed by atoms with Crippen LogP contribution in [0.3, 0.4) is 0 Å². The highest BCUT2D eigenvalue weighted by molar-refractivity contribution is 5.85. The lowest BCUT2D eigenvalue weighted by atomic mass is 9.98. The van der Waals surface area contributed by atoms with Gasteiger partial charge in [0.05, 0.1) is 18.7 Å². The van der Waals surface area contributed by atoms with Gasteiger partial charge in [-0.25, -0.2) is 0 Å². The maximum atomic E-state index is 12.4. The fourth-order valence-electron chi connectivity index (χ4n) is 3.06. The van der Waals surface area contributed by atoms with Gasteiger partial charge in [-0.05, 0) is 25.0 Å². The number of aliphatic carboxylic acids is 1. The van der Waals surface area contributed by atoms with Crippen LogP contribution < -0.4 is 0 Å². The molecule has 0 aliphatic carbocycles. The quantitative estimate of drug-likeness (QED) is 0.742. The standard InChI is InChI=1S/C18H22N4O6/c1-21(11-16(24)22-8-2-4-12(10-22)18(25)26)15(23)7-6-14-19-17(20-28-14)13-5-3-9-27-13/h3,5,9,12H,2,4,6-8,10-11H2,1H3,(H,25,26). The van der Waals surface area contributed by atoms with E-state index in [9.17, 15) is 14.4 Å². The van der Waals surface area contributed by atoms with Gasteiger partial charge in [0, 0.05) is 33.0 Å². The third-order valence-corrected chi connectivity index (χ3v) is 4.68. The van der Waals surface area contributed by atoms with E-state index in [2.05, 4.69) is 10.1 Å². The van der Waals surface area contributed by atoms with E-state index in [0.29, 0.717) is 36.9 Å². The van der Waals surface area contributed by atoms with Crippen molar-refractivity contribution in [2.75, 3.05) is 26.7 Å². The number of amides is 2.